The minimum Gasteiger partial charge on any atom is -0.550 e. The Morgan fingerprint density at radius 1 is 0.737 bits per heavy atom. The van der Waals surface area contributed by atoms with Crippen molar-refractivity contribution >= 4 is 17.9 Å². The summed E-state index contributed by atoms with van der Waals surface area (Å²) >= 11 is 0. The first kappa shape index (κ1) is 26.9. The number of hydrogen-bond acceptors (Lipinski definition) is 4. The Hall–Kier alpha value is -0.538. The Morgan fingerprint density at radius 3 is 0.842 bits per heavy atom. The summed E-state index contributed by atoms with van der Waals surface area (Å²) in [4.78, 5) is 29.0. The van der Waals surface area contributed by atoms with Gasteiger partial charge in [-0.2, -0.15) is 0 Å². The van der Waals surface area contributed by atoms with Crippen LogP contribution in [-0.2, 0) is 14.4 Å². The minimum absolute atomic E-state index is 0. The van der Waals surface area contributed by atoms with E-state index in [0.29, 0.717) is 0 Å². The third kappa shape index (κ3) is 31.8. The molecular formula is C12H23O6U-. The zero-order chi connectivity index (χ0) is 15.5. The van der Waals surface area contributed by atoms with E-state index in [1.54, 1.807) is 41.5 Å². The normalized spacial score (nSPS) is 8.68. The Balaban J connectivity index is -0.0000000865. The molecule has 0 unspecified atom stereocenters. The van der Waals surface area contributed by atoms with Gasteiger partial charge in [-0.3, -0.25) is 9.59 Å². The Bertz CT molecular complexity index is 218. The van der Waals surface area contributed by atoms with Crippen molar-refractivity contribution in [1.29, 1.82) is 0 Å². The Labute approximate surface area is 138 Å². The van der Waals surface area contributed by atoms with Gasteiger partial charge >= 0.3 is 11.9 Å². The van der Waals surface area contributed by atoms with E-state index in [1.807, 2.05) is 0 Å². The molecule has 19 heavy (non-hydrogen) atoms. The number of carboxylic acid groups (broad SMARTS) is 3. The number of aliphatic carboxylic acids is 3. The zero-order valence-corrected chi connectivity index (χ0v) is 16.4. The second kappa shape index (κ2) is 15.5. The number of carbonyl (C=O) groups is 3. The summed E-state index contributed by atoms with van der Waals surface area (Å²) in [6.45, 7) is 9.72. The summed E-state index contributed by atoms with van der Waals surface area (Å²) in [5.41, 5.74) is 0. The Kier molecular flexibility index (Phi) is 22.0. The summed E-state index contributed by atoms with van der Waals surface area (Å²) in [5.74, 6) is -3.28. The maximum atomic E-state index is 9.70. The van der Waals surface area contributed by atoms with Gasteiger partial charge in [0.2, 0.25) is 0 Å². The van der Waals surface area contributed by atoms with Crippen LogP contribution in [-0.4, -0.2) is 28.1 Å². The van der Waals surface area contributed by atoms with Gasteiger partial charge in [0.05, 0.1) is 11.8 Å². The molecule has 0 spiro atoms. The molecule has 0 saturated heterocycles. The molecule has 0 aliphatic rings. The SMILES string of the molecule is CC(C)C(=O)O.CC(C)C(=O)O.CC(C)C(=O)[O-].[U]. The predicted octanol–water partition coefficient (Wildman–Crippen LogP) is 0.846. The summed E-state index contributed by atoms with van der Waals surface area (Å²) in [6, 6.07) is 0. The summed E-state index contributed by atoms with van der Waals surface area (Å²) in [6.07, 6.45) is 0. The van der Waals surface area contributed by atoms with Crippen LogP contribution in [0.2, 0.25) is 0 Å². The standard InChI is InChI=1S/3C4H8O2.U/c3*1-3(2)4(5)6;/h3*3H,1-2H3,(H,5,6);/p-1. The van der Waals surface area contributed by atoms with Crippen LogP contribution in [0, 0.1) is 48.9 Å². The van der Waals surface area contributed by atoms with Crippen LogP contribution < -0.4 is 5.11 Å². The van der Waals surface area contributed by atoms with E-state index in [1.165, 1.54) is 0 Å². The van der Waals surface area contributed by atoms with E-state index >= 15 is 0 Å². The van der Waals surface area contributed by atoms with Gasteiger partial charge in [-0.15, -0.1) is 0 Å². The van der Waals surface area contributed by atoms with Crippen LogP contribution in [0.3, 0.4) is 0 Å². The van der Waals surface area contributed by atoms with Gasteiger partial charge in [-0.05, 0) is 5.92 Å². The zero-order valence-electron chi connectivity index (χ0n) is 12.3. The van der Waals surface area contributed by atoms with Gasteiger partial charge in [0.25, 0.3) is 0 Å². The molecule has 0 aliphatic heterocycles. The van der Waals surface area contributed by atoms with Crippen molar-refractivity contribution in [2.45, 2.75) is 41.5 Å². The molecule has 7 heteroatoms. The topological polar surface area (TPSA) is 115 Å². The van der Waals surface area contributed by atoms with Gasteiger partial charge < -0.3 is 20.1 Å². The first-order chi connectivity index (χ1) is 7.93. The quantitative estimate of drug-likeness (QED) is 0.593. The van der Waals surface area contributed by atoms with Crippen molar-refractivity contribution in [3.63, 3.8) is 0 Å². The van der Waals surface area contributed by atoms with Crippen molar-refractivity contribution in [2.24, 2.45) is 17.8 Å². The molecule has 0 aromatic carbocycles. The molecule has 2 N–H and O–H groups in total. The van der Waals surface area contributed by atoms with E-state index in [-0.39, 0.29) is 48.9 Å². The Morgan fingerprint density at radius 2 is 0.842 bits per heavy atom. The van der Waals surface area contributed by atoms with Crippen LogP contribution in [0.1, 0.15) is 41.5 Å². The van der Waals surface area contributed by atoms with Crippen LogP contribution in [0.5, 0.6) is 0 Å². The van der Waals surface area contributed by atoms with Crippen LogP contribution >= 0.6 is 0 Å². The van der Waals surface area contributed by atoms with Gasteiger partial charge in [-0.25, -0.2) is 0 Å². The minimum atomic E-state index is -0.991. The largest absolute Gasteiger partial charge is 0.550 e. The second-order valence-electron chi connectivity index (χ2n) is 4.46. The van der Waals surface area contributed by atoms with Gasteiger partial charge in [0.1, 0.15) is 0 Å². The monoisotopic (exact) mass is 501 g/mol. The number of rotatable bonds is 3. The average molecular weight is 501 g/mol. The van der Waals surface area contributed by atoms with E-state index in [4.69, 9.17) is 10.2 Å². The summed E-state index contributed by atoms with van der Waals surface area (Å²) < 4.78 is 0. The van der Waals surface area contributed by atoms with E-state index < -0.39 is 17.9 Å². The maximum Gasteiger partial charge on any atom is 0.305 e. The fourth-order valence-electron chi connectivity index (χ4n) is 0. The molecule has 0 fully saturated rings. The molecule has 0 aromatic rings. The van der Waals surface area contributed by atoms with Crippen molar-refractivity contribution in [3.8, 4) is 0 Å². The molecule has 0 heterocycles. The van der Waals surface area contributed by atoms with Gasteiger partial charge in [-0.1, -0.05) is 41.5 Å². The second-order valence-corrected chi connectivity index (χ2v) is 4.46. The molecule has 0 aromatic heterocycles. The van der Waals surface area contributed by atoms with Crippen molar-refractivity contribution in [2.75, 3.05) is 0 Å². The predicted molar refractivity (Wildman–Crippen MR) is 64.8 cm³/mol. The molecule has 0 saturated carbocycles. The van der Waals surface area contributed by atoms with Gasteiger partial charge in [0, 0.05) is 37.1 Å². The molecule has 0 amide bonds. The molecule has 0 bridgehead atoms. The number of carbonyl (C=O) groups excluding carboxylic acids is 1. The molecule has 0 aliphatic carbocycles. The van der Waals surface area contributed by atoms with Crippen LogP contribution in [0.4, 0.5) is 0 Å². The van der Waals surface area contributed by atoms with E-state index in [9.17, 15) is 19.5 Å². The number of hydrogen-bond donors (Lipinski definition) is 2. The third-order valence-corrected chi connectivity index (χ3v) is 1.46. The van der Waals surface area contributed by atoms with Crippen LogP contribution in [0.15, 0.2) is 0 Å². The smallest absolute Gasteiger partial charge is 0.305 e. The first-order valence-corrected chi connectivity index (χ1v) is 5.59. The molecule has 0 atom stereocenters. The van der Waals surface area contributed by atoms with E-state index in [2.05, 4.69) is 0 Å². The molecule has 6 nitrogen and oxygen atoms in total. The third-order valence-electron chi connectivity index (χ3n) is 1.46. The van der Waals surface area contributed by atoms with Gasteiger partial charge in [0.15, 0.2) is 0 Å². The summed E-state index contributed by atoms with van der Waals surface area (Å²) in [7, 11) is 0. The van der Waals surface area contributed by atoms with Crippen molar-refractivity contribution < 1.29 is 60.8 Å². The fraction of sp³-hybridized carbons (Fsp3) is 0.750. The van der Waals surface area contributed by atoms with Crippen molar-refractivity contribution in [3.05, 3.63) is 0 Å². The molecule has 0 radical (unpaired) electrons. The average Bonchev–Trinajstić information content (AvgIpc) is 2.18. The molecule has 0 rings (SSSR count). The van der Waals surface area contributed by atoms with Crippen molar-refractivity contribution in [1.82, 2.24) is 0 Å². The summed E-state index contributed by atoms with van der Waals surface area (Å²) in [5, 5.41) is 25.6. The maximum absolute atomic E-state index is 9.70. The fourth-order valence-corrected chi connectivity index (χ4v) is 0. The number of carboxylic acids is 3. The first-order valence-electron chi connectivity index (χ1n) is 5.59. The molecule has 112 valence electrons. The van der Waals surface area contributed by atoms with E-state index in [0.717, 1.165) is 0 Å². The van der Waals surface area contributed by atoms with Crippen LogP contribution in [0.25, 0.3) is 0 Å². The molecular weight excluding hydrogens is 478 g/mol.